The summed E-state index contributed by atoms with van der Waals surface area (Å²) in [6.45, 7) is 1.19. The first-order valence-corrected chi connectivity index (χ1v) is 8.27. The van der Waals surface area contributed by atoms with E-state index in [1.807, 2.05) is 4.90 Å². The van der Waals surface area contributed by atoms with Gasteiger partial charge in [0, 0.05) is 19.0 Å². The van der Waals surface area contributed by atoms with Gasteiger partial charge in [0.05, 0.1) is 22.2 Å². The second-order valence-electron chi connectivity index (χ2n) is 5.32. The number of carbonyl (C=O) groups is 1. The first-order chi connectivity index (χ1) is 11.4. The maximum atomic E-state index is 11.6. The Hall–Kier alpha value is -1.76. The number of primary amides is 1. The van der Waals surface area contributed by atoms with E-state index in [4.69, 9.17) is 45.3 Å². The lowest BCUT2D eigenvalue weighted by atomic mass is 10.2. The van der Waals surface area contributed by atoms with Gasteiger partial charge in [0.15, 0.2) is 11.0 Å². The molecule has 1 atom stereocenters. The van der Waals surface area contributed by atoms with E-state index in [1.54, 1.807) is 18.2 Å². The van der Waals surface area contributed by atoms with Crippen molar-refractivity contribution in [3.63, 3.8) is 0 Å². The minimum absolute atomic E-state index is 0.0829. The molecular formula is C15H13Cl3N4O2. The Kier molecular flexibility index (Phi) is 4.99. The first-order valence-electron chi connectivity index (χ1n) is 7.13. The van der Waals surface area contributed by atoms with E-state index in [2.05, 4.69) is 10.2 Å². The third-order valence-corrected chi connectivity index (χ3v) is 4.57. The average molecular weight is 388 g/mol. The van der Waals surface area contributed by atoms with Crippen LogP contribution in [0.4, 0.5) is 5.82 Å². The lowest BCUT2D eigenvalue weighted by molar-refractivity contribution is 0.1000. The van der Waals surface area contributed by atoms with Crippen LogP contribution in [0.3, 0.4) is 0 Å². The van der Waals surface area contributed by atoms with Crippen molar-refractivity contribution >= 4 is 46.5 Å². The molecule has 1 aromatic carbocycles. The third-order valence-electron chi connectivity index (χ3n) is 3.65. The quantitative estimate of drug-likeness (QED) is 0.871. The largest absolute Gasteiger partial charge is 0.488 e. The standard InChI is InChI=1S/C15H13Cl3N4O2/c16-11-2-1-8(5-12(11)17)24-9-3-4-22(7-9)15-10(14(19)23)6-13(18)20-21-15/h1-2,5-6,9H,3-4,7H2,(H2,19,23). The maximum Gasteiger partial charge on any atom is 0.252 e. The van der Waals surface area contributed by atoms with Crippen LogP contribution in [0.25, 0.3) is 0 Å². The van der Waals surface area contributed by atoms with Crippen molar-refractivity contribution in [3.8, 4) is 5.75 Å². The van der Waals surface area contributed by atoms with Gasteiger partial charge in [0.25, 0.3) is 5.91 Å². The number of amides is 1. The van der Waals surface area contributed by atoms with Gasteiger partial charge >= 0.3 is 0 Å². The van der Waals surface area contributed by atoms with E-state index in [9.17, 15) is 4.79 Å². The van der Waals surface area contributed by atoms with Gasteiger partial charge in [-0.1, -0.05) is 34.8 Å². The molecule has 1 aromatic heterocycles. The van der Waals surface area contributed by atoms with Gasteiger partial charge in [-0.15, -0.1) is 10.2 Å². The molecule has 1 saturated heterocycles. The Labute approximate surface area is 153 Å². The Bertz CT molecular complexity index is 787. The summed E-state index contributed by atoms with van der Waals surface area (Å²) in [6, 6.07) is 6.53. The number of aromatic nitrogens is 2. The van der Waals surface area contributed by atoms with Crippen LogP contribution in [0.15, 0.2) is 24.3 Å². The average Bonchev–Trinajstić information content (AvgIpc) is 2.99. The molecule has 1 aliphatic rings. The predicted octanol–water partition coefficient (Wildman–Crippen LogP) is 3.19. The minimum Gasteiger partial charge on any atom is -0.488 e. The number of hydrogen-bond acceptors (Lipinski definition) is 5. The first kappa shape index (κ1) is 17.1. The molecule has 1 unspecified atom stereocenters. The predicted molar refractivity (Wildman–Crippen MR) is 93.3 cm³/mol. The highest BCUT2D eigenvalue weighted by Gasteiger charge is 2.28. The molecule has 1 amide bonds. The normalized spacial score (nSPS) is 17.1. The summed E-state index contributed by atoms with van der Waals surface area (Å²) in [7, 11) is 0. The maximum absolute atomic E-state index is 11.6. The number of nitrogens with two attached hydrogens (primary N) is 1. The van der Waals surface area contributed by atoms with E-state index in [1.165, 1.54) is 6.07 Å². The van der Waals surface area contributed by atoms with E-state index < -0.39 is 5.91 Å². The summed E-state index contributed by atoms with van der Waals surface area (Å²) in [5.41, 5.74) is 5.63. The van der Waals surface area contributed by atoms with Crippen molar-refractivity contribution in [2.45, 2.75) is 12.5 Å². The zero-order chi connectivity index (χ0) is 17.3. The summed E-state index contributed by atoms with van der Waals surface area (Å²) in [6.07, 6.45) is 0.670. The zero-order valence-electron chi connectivity index (χ0n) is 12.4. The second-order valence-corrected chi connectivity index (χ2v) is 6.52. The summed E-state index contributed by atoms with van der Waals surface area (Å²) in [5.74, 6) is 0.441. The monoisotopic (exact) mass is 386 g/mol. The number of rotatable bonds is 4. The van der Waals surface area contributed by atoms with Crippen molar-refractivity contribution in [3.05, 3.63) is 45.0 Å². The van der Waals surface area contributed by atoms with Crippen LogP contribution < -0.4 is 15.4 Å². The molecule has 2 heterocycles. The molecule has 0 saturated carbocycles. The zero-order valence-corrected chi connectivity index (χ0v) is 14.6. The molecule has 2 aromatic rings. The molecule has 126 valence electrons. The highest BCUT2D eigenvalue weighted by Crippen LogP contribution is 2.29. The molecule has 0 aliphatic carbocycles. The molecule has 0 radical (unpaired) electrons. The Morgan fingerprint density at radius 3 is 2.71 bits per heavy atom. The fraction of sp³-hybridized carbons (Fsp3) is 0.267. The summed E-state index contributed by atoms with van der Waals surface area (Å²) in [4.78, 5) is 13.5. The van der Waals surface area contributed by atoms with Gasteiger partial charge in [-0.2, -0.15) is 0 Å². The molecule has 6 nitrogen and oxygen atoms in total. The molecule has 1 aliphatic heterocycles. The van der Waals surface area contributed by atoms with Crippen LogP contribution >= 0.6 is 34.8 Å². The third kappa shape index (κ3) is 3.66. The highest BCUT2D eigenvalue weighted by molar-refractivity contribution is 6.42. The molecule has 0 spiro atoms. The number of halogens is 3. The van der Waals surface area contributed by atoms with Gasteiger partial charge < -0.3 is 15.4 Å². The molecule has 9 heteroatoms. The van der Waals surface area contributed by atoms with Crippen molar-refractivity contribution in [2.75, 3.05) is 18.0 Å². The van der Waals surface area contributed by atoms with Gasteiger partial charge in [-0.05, 0) is 18.2 Å². The van der Waals surface area contributed by atoms with Crippen LogP contribution in [-0.4, -0.2) is 35.3 Å². The van der Waals surface area contributed by atoms with Crippen LogP contribution in [0, 0.1) is 0 Å². The Balaban J connectivity index is 1.73. The lowest BCUT2D eigenvalue weighted by Gasteiger charge is -2.19. The number of ether oxygens (including phenoxy) is 1. The van der Waals surface area contributed by atoms with Gasteiger partial charge in [-0.25, -0.2) is 0 Å². The van der Waals surface area contributed by atoms with Crippen LogP contribution in [0.5, 0.6) is 5.75 Å². The van der Waals surface area contributed by atoms with E-state index in [0.29, 0.717) is 34.7 Å². The molecule has 1 fully saturated rings. The van der Waals surface area contributed by atoms with E-state index in [0.717, 1.165) is 6.42 Å². The fourth-order valence-corrected chi connectivity index (χ4v) is 2.97. The van der Waals surface area contributed by atoms with Crippen LogP contribution in [0.1, 0.15) is 16.8 Å². The topological polar surface area (TPSA) is 81.3 Å². The fourth-order valence-electron chi connectivity index (χ4n) is 2.54. The summed E-state index contributed by atoms with van der Waals surface area (Å²) in [5, 5.41) is 8.81. The minimum atomic E-state index is -0.601. The smallest absolute Gasteiger partial charge is 0.252 e. The van der Waals surface area contributed by atoms with Crippen LogP contribution in [-0.2, 0) is 0 Å². The Morgan fingerprint density at radius 2 is 2.00 bits per heavy atom. The SMILES string of the molecule is NC(=O)c1cc(Cl)nnc1N1CCC(Oc2ccc(Cl)c(Cl)c2)C1. The van der Waals surface area contributed by atoms with Crippen molar-refractivity contribution in [1.82, 2.24) is 10.2 Å². The number of hydrogen-bond donors (Lipinski definition) is 1. The number of nitrogens with zero attached hydrogens (tertiary/aromatic N) is 3. The Morgan fingerprint density at radius 1 is 1.21 bits per heavy atom. The molecular weight excluding hydrogens is 375 g/mol. The number of anilines is 1. The molecule has 3 rings (SSSR count). The second kappa shape index (κ2) is 7.01. The summed E-state index contributed by atoms with van der Waals surface area (Å²) >= 11 is 17.7. The number of benzene rings is 1. The molecule has 24 heavy (non-hydrogen) atoms. The van der Waals surface area contributed by atoms with Crippen molar-refractivity contribution in [2.24, 2.45) is 5.73 Å². The lowest BCUT2D eigenvalue weighted by Crippen LogP contribution is -2.28. The molecule has 0 bridgehead atoms. The van der Waals surface area contributed by atoms with Crippen LogP contribution in [0.2, 0.25) is 15.2 Å². The van der Waals surface area contributed by atoms with Gasteiger partial charge in [-0.3, -0.25) is 4.79 Å². The van der Waals surface area contributed by atoms with Crippen molar-refractivity contribution < 1.29 is 9.53 Å². The molecule has 2 N–H and O–H groups in total. The van der Waals surface area contributed by atoms with Gasteiger partial charge in [0.2, 0.25) is 0 Å². The highest BCUT2D eigenvalue weighted by atomic mass is 35.5. The van der Waals surface area contributed by atoms with E-state index >= 15 is 0 Å². The van der Waals surface area contributed by atoms with Gasteiger partial charge in [0.1, 0.15) is 11.9 Å². The van der Waals surface area contributed by atoms with E-state index in [-0.39, 0.29) is 16.8 Å². The van der Waals surface area contributed by atoms with Crippen molar-refractivity contribution in [1.29, 1.82) is 0 Å². The number of carbonyl (C=O) groups excluding carboxylic acids is 1. The summed E-state index contributed by atoms with van der Waals surface area (Å²) < 4.78 is 5.91.